The zero-order valence-corrected chi connectivity index (χ0v) is 7.93. The maximum Gasteiger partial charge on any atom is 0.0128 e. The second kappa shape index (κ2) is 2.22. The summed E-state index contributed by atoms with van der Waals surface area (Å²) in [4.78, 5) is 2.70. The van der Waals surface area contributed by atoms with Gasteiger partial charge in [-0.1, -0.05) is 0 Å². The van der Waals surface area contributed by atoms with Gasteiger partial charge in [-0.05, 0) is 46.0 Å². The van der Waals surface area contributed by atoms with Gasteiger partial charge < -0.3 is 0 Å². The van der Waals surface area contributed by atoms with Gasteiger partial charge in [0.05, 0.1) is 0 Å². The second-order valence-corrected chi connectivity index (χ2v) is 5.16. The standard InChI is InChI=1S/C10H19N.H2/c1-10(2,3)11-7-8-4-5-9(11)6-8;/h8-9H,4-7H2,1-3H3;1H/i;1+1D. The molecule has 1 aliphatic carbocycles. The largest absolute Gasteiger partial charge is 0.295 e. The van der Waals surface area contributed by atoms with Crippen molar-refractivity contribution in [3.05, 3.63) is 0 Å². The molecule has 2 rings (SSSR count). The van der Waals surface area contributed by atoms with E-state index in [9.17, 15) is 0 Å². The van der Waals surface area contributed by atoms with Gasteiger partial charge in [0, 0.05) is 21.1 Å². The molecule has 0 aromatic heterocycles. The number of fused-ring (bicyclic) bond motifs is 2. The summed E-state index contributed by atoms with van der Waals surface area (Å²) in [6.07, 6.45) is 4.44. The Labute approximate surface area is 72.9 Å². The zero-order valence-electron chi connectivity index (χ0n) is 9.93. The van der Waals surface area contributed by atoms with Crippen LogP contribution in [-0.2, 0) is 0 Å². The number of rotatable bonds is 0. The minimum absolute atomic E-state index is 0.417. The van der Waals surface area contributed by atoms with Gasteiger partial charge in [-0.3, -0.25) is 4.90 Å². The molecule has 0 aromatic rings. The number of hydrogen-bond acceptors (Lipinski definition) is 1. The van der Waals surface area contributed by atoms with Crippen LogP contribution >= 0.6 is 0 Å². The number of likely N-dealkylation sites (tertiary alicyclic amines) is 1. The Kier molecular flexibility index (Phi) is 1.31. The summed E-state index contributed by atoms with van der Waals surface area (Å²) in [5.41, 5.74) is 0.417. The lowest BCUT2D eigenvalue weighted by Crippen LogP contribution is -2.45. The van der Waals surface area contributed by atoms with Gasteiger partial charge in [-0.15, -0.1) is 0 Å². The molecule has 1 heteroatoms. The fourth-order valence-electron chi connectivity index (χ4n) is 2.75. The molecule has 11 heavy (non-hydrogen) atoms. The molecule has 1 nitrogen and oxygen atoms in total. The lowest BCUT2D eigenvalue weighted by Gasteiger charge is -2.38. The predicted octanol–water partition coefficient (Wildman–Crippen LogP) is 2.52. The number of hydrogen-bond donors (Lipinski definition) is 0. The van der Waals surface area contributed by atoms with E-state index in [0.717, 1.165) is 12.0 Å². The van der Waals surface area contributed by atoms with Crippen LogP contribution in [0.1, 0.15) is 43.0 Å². The van der Waals surface area contributed by atoms with Crippen molar-refractivity contribution in [3.63, 3.8) is 0 Å². The van der Waals surface area contributed by atoms with Crippen molar-refractivity contribution in [2.24, 2.45) is 5.92 Å². The van der Waals surface area contributed by atoms with E-state index in [4.69, 9.17) is 2.97 Å². The van der Waals surface area contributed by atoms with E-state index < -0.39 is 0 Å². The Morgan fingerprint density at radius 3 is 2.36 bits per heavy atom. The van der Waals surface area contributed by atoms with Crippen LogP contribution < -0.4 is 0 Å². The first-order chi connectivity index (χ1) is 6.07. The van der Waals surface area contributed by atoms with E-state index >= 15 is 0 Å². The molecule has 0 spiro atoms. The Bertz CT molecular complexity index is 165. The monoisotopic (exact) mass is 157 g/mol. The molecule has 2 atom stereocenters. The molecule has 1 heterocycles. The molecular weight excluding hydrogens is 134 g/mol. The molecule has 0 amide bonds. The number of piperidine rings is 1. The number of nitrogens with zero attached hydrogens (tertiary/aromatic N) is 1. The van der Waals surface area contributed by atoms with Crippen LogP contribution in [0.15, 0.2) is 0 Å². The van der Waals surface area contributed by atoms with E-state index in [1.165, 1.54) is 25.8 Å². The summed E-state index contributed by atoms with van der Waals surface area (Å²) in [6, 6.07) is 0.931. The molecule has 1 saturated carbocycles. The van der Waals surface area contributed by atoms with Crippen LogP contribution in [0.3, 0.4) is 0 Å². The van der Waals surface area contributed by atoms with E-state index in [0.29, 0.717) is 5.54 Å². The highest BCUT2D eigenvalue weighted by atomic mass is 15.2. The molecule has 2 aliphatic rings. The van der Waals surface area contributed by atoms with E-state index in [-0.39, 0.29) is 0 Å². The molecule has 66 valence electrons. The van der Waals surface area contributed by atoms with Gasteiger partial charge in [0.1, 0.15) is 0 Å². The average molecular weight is 157 g/mol. The Hall–Kier alpha value is -0.0400. The summed E-state index contributed by atoms with van der Waals surface area (Å²) in [5, 5.41) is 0. The van der Waals surface area contributed by atoms with Gasteiger partial charge >= 0.3 is 0 Å². The van der Waals surface area contributed by atoms with Gasteiger partial charge in [-0.25, -0.2) is 0 Å². The molecule has 0 aromatic carbocycles. The lowest BCUT2D eigenvalue weighted by atomic mass is 10.0. The molecule has 1 aliphatic heterocycles. The Morgan fingerprint density at radius 2 is 2.09 bits per heavy atom. The van der Waals surface area contributed by atoms with Crippen molar-refractivity contribution < 1.29 is 2.97 Å². The summed E-state index contributed by atoms with van der Waals surface area (Å²) in [7, 11) is 0. The van der Waals surface area contributed by atoms with Crippen LogP contribution in [0.2, 0.25) is 0 Å². The summed E-state index contributed by atoms with van der Waals surface area (Å²) in [5.74, 6) is 1.04. The Morgan fingerprint density at radius 1 is 1.36 bits per heavy atom. The molecule has 2 fully saturated rings. The van der Waals surface area contributed by atoms with Crippen LogP contribution in [0.5, 0.6) is 0 Å². The average Bonchev–Trinajstić information content (AvgIpc) is 2.66. The summed E-state index contributed by atoms with van der Waals surface area (Å²) >= 11 is 0. The van der Waals surface area contributed by atoms with Crippen LogP contribution in [0.25, 0.3) is 0 Å². The molecule has 0 radical (unpaired) electrons. The third-order valence-electron chi connectivity index (χ3n) is 3.27. The van der Waals surface area contributed by atoms with Crippen LogP contribution in [-0.4, -0.2) is 23.0 Å². The normalized spacial score (nSPS) is 39.2. The minimum atomic E-state index is 0.417. The summed E-state index contributed by atoms with van der Waals surface area (Å²) in [6.45, 7) is 8.39. The smallest absolute Gasteiger partial charge is 0.0128 e. The fraction of sp³-hybridized carbons (Fsp3) is 1.00. The van der Waals surface area contributed by atoms with E-state index in [1.807, 2.05) is 0 Å². The van der Waals surface area contributed by atoms with Gasteiger partial charge in [0.2, 0.25) is 0 Å². The van der Waals surface area contributed by atoms with Gasteiger partial charge in [-0.2, -0.15) is 0 Å². The van der Waals surface area contributed by atoms with Crippen molar-refractivity contribution in [1.29, 1.82) is 0 Å². The molecular formula is C10H21N. The first-order valence-electron chi connectivity index (χ1n) is 5.84. The van der Waals surface area contributed by atoms with E-state index in [1.54, 1.807) is 0 Å². The van der Waals surface area contributed by atoms with Crippen molar-refractivity contribution in [3.8, 4) is 0 Å². The second-order valence-electron chi connectivity index (χ2n) is 5.16. The molecule has 1 saturated heterocycles. The highest BCUT2D eigenvalue weighted by Gasteiger charge is 2.42. The maximum absolute atomic E-state index is 5.00. The fourth-order valence-corrected chi connectivity index (χ4v) is 2.75. The highest BCUT2D eigenvalue weighted by molar-refractivity contribution is 4.96. The van der Waals surface area contributed by atoms with E-state index in [2.05, 4.69) is 25.7 Å². The third kappa shape index (κ3) is 1.20. The maximum atomic E-state index is 5.00. The Balaban J connectivity index is 0.000000396. The van der Waals surface area contributed by atoms with Crippen LogP contribution in [0, 0.1) is 5.92 Å². The molecule has 0 N–H and O–H groups in total. The SMILES string of the molecule is CC(C)(C)N1CC2CCC1C2.[2H][2H]. The van der Waals surface area contributed by atoms with Gasteiger partial charge in [0.15, 0.2) is 0 Å². The molecule has 2 bridgehead atoms. The van der Waals surface area contributed by atoms with Crippen molar-refractivity contribution >= 4 is 0 Å². The predicted molar refractivity (Wildman–Crippen MR) is 49.7 cm³/mol. The van der Waals surface area contributed by atoms with Crippen molar-refractivity contribution in [2.45, 2.75) is 51.6 Å². The van der Waals surface area contributed by atoms with Gasteiger partial charge in [0.25, 0.3) is 0 Å². The van der Waals surface area contributed by atoms with Crippen molar-refractivity contribution in [1.82, 2.24) is 4.90 Å². The first-order valence-corrected chi connectivity index (χ1v) is 4.84. The third-order valence-corrected chi connectivity index (χ3v) is 3.27. The van der Waals surface area contributed by atoms with Crippen LogP contribution in [0.4, 0.5) is 0 Å². The topological polar surface area (TPSA) is 3.24 Å². The van der Waals surface area contributed by atoms with Crippen molar-refractivity contribution in [2.75, 3.05) is 6.54 Å². The minimum Gasteiger partial charge on any atom is -0.295 e. The molecule has 2 unspecified atom stereocenters. The summed E-state index contributed by atoms with van der Waals surface area (Å²) < 4.78 is 10.0. The first kappa shape index (κ1) is 6.47. The zero-order chi connectivity index (χ0) is 10.1. The lowest BCUT2D eigenvalue weighted by molar-refractivity contribution is 0.0974. The quantitative estimate of drug-likeness (QED) is 0.522. The highest BCUT2D eigenvalue weighted by Crippen LogP contribution is 2.40.